The third-order valence-electron chi connectivity index (χ3n) is 5.58. The van der Waals surface area contributed by atoms with Gasteiger partial charge in [-0.05, 0) is 58.7 Å². The summed E-state index contributed by atoms with van der Waals surface area (Å²) in [5.41, 5.74) is 4.65. The van der Waals surface area contributed by atoms with Crippen molar-refractivity contribution in [1.82, 2.24) is 0 Å². The van der Waals surface area contributed by atoms with E-state index >= 15 is 0 Å². The fourth-order valence-corrected chi connectivity index (χ4v) is 4.37. The van der Waals surface area contributed by atoms with E-state index in [9.17, 15) is 9.59 Å². The van der Waals surface area contributed by atoms with E-state index in [0.29, 0.717) is 21.4 Å². The van der Waals surface area contributed by atoms with Gasteiger partial charge in [0.1, 0.15) is 5.75 Å². The highest BCUT2D eigenvalue weighted by molar-refractivity contribution is 6.33. The Morgan fingerprint density at radius 2 is 1.82 bits per heavy atom. The van der Waals surface area contributed by atoms with E-state index in [1.165, 1.54) is 6.08 Å². The molecule has 0 amide bonds. The number of Topliss-reactive ketones (excluding diaryl/α,β-unsaturated/α-hetero) is 1. The van der Waals surface area contributed by atoms with Gasteiger partial charge in [-0.1, -0.05) is 59.6 Å². The largest absolute Gasteiger partial charge is 0.497 e. The minimum atomic E-state index is -0.491. The fourth-order valence-electron chi connectivity index (χ4n) is 3.96. The van der Waals surface area contributed by atoms with Gasteiger partial charge in [0.25, 0.3) is 0 Å². The SMILES string of the molecule is COc1cccc(/C=C/C(=O)OCCC2=C(c3ccccc3Cl)c3cc(Cl)ccc3CC2=O)c1. The number of carbonyl (C=O) groups excluding carboxylic acids is 2. The number of carbonyl (C=O) groups is 2. The predicted molar refractivity (Wildman–Crippen MR) is 135 cm³/mol. The summed E-state index contributed by atoms with van der Waals surface area (Å²) in [5.74, 6) is 0.188. The van der Waals surface area contributed by atoms with Crippen molar-refractivity contribution in [3.63, 3.8) is 0 Å². The van der Waals surface area contributed by atoms with Gasteiger partial charge in [-0.15, -0.1) is 0 Å². The molecule has 4 nitrogen and oxygen atoms in total. The van der Waals surface area contributed by atoms with Crippen LogP contribution >= 0.6 is 23.2 Å². The van der Waals surface area contributed by atoms with E-state index in [0.717, 1.165) is 27.8 Å². The number of hydrogen-bond acceptors (Lipinski definition) is 4. The lowest BCUT2D eigenvalue weighted by atomic mass is 9.80. The van der Waals surface area contributed by atoms with E-state index < -0.39 is 5.97 Å². The van der Waals surface area contributed by atoms with Crippen LogP contribution in [0.5, 0.6) is 5.75 Å². The molecular formula is C28H22Cl2O4. The van der Waals surface area contributed by atoms with Gasteiger partial charge in [0.15, 0.2) is 5.78 Å². The van der Waals surface area contributed by atoms with Gasteiger partial charge in [-0.25, -0.2) is 4.79 Å². The average molecular weight is 493 g/mol. The predicted octanol–water partition coefficient (Wildman–Crippen LogP) is 6.58. The number of ether oxygens (including phenoxy) is 2. The van der Waals surface area contributed by atoms with E-state index in [1.54, 1.807) is 25.3 Å². The summed E-state index contributed by atoms with van der Waals surface area (Å²) in [6.45, 7) is 0.0617. The topological polar surface area (TPSA) is 52.6 Å². The maximum absolute atomic E-state index is 13.1. The number of rotatable bonds is 7. The van der Waals surface area contributed by atoms with Crippen molar-refractivity contribution in [2.24, 2.45) is 0 Å². The molecule has 0 atom stereocenters. The van der Waals surface area contributed by atoms with Crippen LogP contribution in [0.3, 0.4) is 0 Å². The number of fused-ring (bicyclic) bond motifs is 1. The highest BCUT2D eigenvalue weighted by Gasteiger charge is 2.27. The molecule has 1 aliphatic carbocycles. The molecule has 0 aromatic heterocycles. The molecule has 0 radical (unpaired) electrons. The van der Waals surface area contributed by atoms with E-state index in [-0.39, 0.29) is 25.2 Å². The summed E-state index contributed by atoms with van der Waals surface area (Å²) in [6.07, 6.45) is 3.54. The standard InChI is InChI=1S/C28H22Cl2O4/c1-33-21-6-4-5-18(15-21)9-12-27(32)34-14-13-23-26(31)16-19-10-11-20(29)17-24(19)28(23)22-7-2-3-8-25(22)30/h2-12,15,17H,13-14,16H2,1H3/b12-9+. The van der Waals surface area contributed by atoms with Crippen molar-refractivity contribution >= 4 is 46.6 Å². The second kappa shape index (κ2) is 10.7. The Morgan fingerprint density at radius 3 is 2.62 bits per heavy atom. The Hall–Kier alpha value is -3.34. The molecule has 3 aromatic rings. The van der Waals surface area contributed by atoms with Gasteiger partial charge in [-0.2, -0.15) is 0 Å². The van der Waals surface area contributed by atoms with Crippen LogP contribution in [0.25, 0.3) is 11.6 Å². The minimum Gasteiger partial charge on any atom is -0.497 e. The van der Waals surface area contributed by atoms with Crippen LogP contribution in [0.1, 0.15) is 28.7 Å². The third-order valence-corrected chi connectivity index (χ3v) is 6.14. The zero-order chi connectivity index (χ0) is 24.1. The number of esters is 1. The lowest BCUT2D eigenvalue weighted by Crippen LogP contribution is -2.18. The number of hydrogen-bond donors (Lipinski definition) is 0. The van der Waals surface area contributed by atoms with Crippen LogP contribution in [-0.2, 0) is 20.7 Å². The molecule has 0 heterocycles. The van der Waals surface area contributed by atoms with Crippen LogP contribution < -0.4 is 4.74 Å². The molecule has 34 heavy (non-hydrogen) atoms. The molecule has 1 aliphatic rings. The van der Waals surface area contributed by atoms with Gasteiger partial charge in [0.2, 0.25) is 0 Å². The third kappa shape index (κ3) is 5.41. The Kier molecular flexibility index (Phi) is 7.51. The van der Waals surface area contributed by atoms with E-state index in [1.807, 2.05) is 54.6 Å². The molecule has 0 saturated heterocycles. The number of halogens is 2. The molecule has 0 spiro atoms. The Balaban J connectivity index is 1.56. The zero-order valence-electron chi connectivity index (χ0n) is 18.5. The second-order valence-corrected chi connectivity index (χ2v) is 8.61. The first-order valence-electron chi connectivity index (χ1n) is 10.7. The Bertz CT molecular complexity index is 1310. The highest BCUT2D eigenvalue weighted by atomic mass is 35.5. The number of methoxy groups -OCH3 is 1. The van der Waals surface area contributed by atoms with E-state index in [4.69, 9.17) is 32.7 Å². The van der Waals surface area contributed by atoms with Crippen LogP contribution in [-0.4, -0.2) is 25.5 Å². The quantitative estimate of drug-likeness (QED) is 0.276. The fraction of sp³-hybridized carbons (Fsp3) is 0.143. The van der Waals surface area contributed by atoms with Crippen LogP contribution in [0.15, 0.2) is 78.4 Å². The maximum Gasteiger partial charge on any atom is 0.330 e. The molecule has 0 fully saturated rings. The van der Waals surface area contributed by atoms with Gasteiger partial charge in [-0.3, -0.25) is 4.79 Å². The molecule has 6 heteroatoms. The monoisotopic (exact) mass is 492 g/mol. The van der Waals surface area contributed by atoms with Crippen molar-refractivity contribution in [2.45, 2.75) is 12.8 Å². The average Bonchev–Trinajstić information content (AvgIpc) is 2.84. The van der Waals surface area contributed by atoms with Crippen molar-refractivity contribution < 1.29 is 19.1 Å². The minimum absolute atomic E-state index is 0.0206. The first-order chi connectivity index (χ1) is 16.5. The van der Waals surface area contributed by atoms with Crippen LogP contribution in [0.4, 0.5) is 0 Å². The molecule has 3 aromatic carbocycles. The first-order valence-corrected chi connectivity index (χ1v) is 11.5. The smallest absolute Gasteiger partial charge is 0.330 e. The lowest BCUT2D eigenvalue weighted by Gasteiger charge is -2.24. The first kappa shape index (κ1) is 23.8. The number of ketones is 1. The molecule has 4 rings (SSSR count). The van der Waals surface area contributed by atoms with Crippen LogP contribution in [0.2, 0.25) is 10.0 Å². The van der Waals surface area contributed by atoms with Gasteiger partial charge >= 0.3 is 5.97 Å². The number of benzene rings is 3. The Morgan fingerprint density at radius 1 is 1.00 bits per heavy atom. The van der Waals surface area contributed by atoms with E-state index in [2.05, 4.69) is 0 Å². The molecule has 0 N–H and O–H groups in total. The van der Waals surface area contributed by atoms with Gasteiger partial charge in [0.05, 0.1) is 13.7 Å². The maximum atomic E-state index is 13.1. The Labute approximate surface area is 208 Å². The summed E-state index contributed by atoms with van der Waals surface area (Å²) in [7, 11) is 1.58. The summed E-state index contributed by atoms with van der Waals surface area (Å²) >= 11 is 12.8. The lowest BCUT2D eigenvalue weighted by molar-refractivity contribution is -0.137. The summed E-state index contributed by atoms with van der Waals surface area (Å²) in [5, 5.41) is 1.11. The summed E-state index contributed by atoms with van der Waals surface area (Å²) in [6, 6.07) is 20.2. The molecule has 0 saturated carbocycles. The van der Waals surface area contributed by atoms with Crippen molar-refractivity contribution in [2.75, 3.05) is 13.7 Å². The highest BCUT2D eigenvalue weighted by Crippen LogP contribution is 2.39. The molecule has 0 aliphatic heterocycles. The summed E-state index contributed by atoms with van der Waals surface area (Å²) < 4.78 is 10.6. The molecule has 0 bridgehead atoms. The molecule has 0 unspecified atom stereocenters. The normalized spacial score (nSPS) is 13.2. The van der Waals surface area contributed by atoms with Gasteiger partial charge in [0, 0.05) is 40.1 Å². The summed E-state index contributed by atoms with van der Waals surface area (Å²) in [4.78, 5) is 25.3. The van der Waals surface area contributed by atoms with Crippen molar-refractivity contribution in [3.05, 3.63) is 111 Å². The second-order valence-electron chi connectivity index (χ2n) is 7.76. The van der Waals surface area contributed by atoms with Crippen molar-refractivity contribution in [3.8, 4) is 5.75 Å². The molecular weight excluding hydrogens is 471 g/mol. The molecule has 172 valence electrons. The van der Waals surface area contributed by atoms with Gasteiger partial charge < -0.3 is 9.47 Å². The van der Waals surface area contributed by atoms with Crippen LogP contribution in [0, 0.1) is 0 Å². The van der Waals surface area contributed by atoms with Crippen molar-refractivity contribution in [1.29, 1.82) is 0 Å². The zero-order valence-corrected chi connectivity index (χ0v) is 20.0.